The van der Waals surface area contributed by atoms with Gasteiger partial charge in [0.15, 0.2) is 0 Å². The number of amides is 1. The lowest BCUT2D eigenvalue weighted by Crippen LogP contribution is -2.30. The van der Waals surface area contributed by atoms with Gasteiger partial charge in [-0.15, -0.1) is 0 Å². The maximum atomic E-state index is 12.0. The first kappa shape index (κ1) is 16.1. The van der Waals surface area contributed by atoms with Crippen molar-refractivity contribution in [2.45, 2.75) is 26.2 Å². The van der Waals surface area contributed by atoms with E-state index in [0.717, 1.165) is 41.8 Å². The van der Waals surface area contributed by atoms with Gasteiger partial charge in [0.25, 0.3) is 0 Å². The van der Waals surface area contributed by atoms with E-state index < -0.39 is 0 Å². The molecule has 122 valence electrons. The SMILES string of the molecule is C=C(C1=CCC(C(=O)NCCCC)C=C1)c1ccccc1N.[HH].[HH].[HH]. The van der Waals surface area contributed by atoms with E-state index in [2.05, 4.69) is 24.9 Å². The molecule has 0 aliphatic heterocycles. The molecule has 1 unspecified atom stereocenters. The molecule has 0 radical (unpaired) electrons. The number of hydrogen-bond acceptors (Lipinski definition) is 2. The normalized spacial score (nSPS) is 17.0. The van der Waals surface area contributed by atoms with Crippen molar-refractivity contribution in [1.82, 2.24) is 5.32 Å². The number of hydrogen-bond donors (Lipinski definition) is 2. The van der Waals surface area contributed by atoms with E-state index in [1.807, 2.05) is 36.4 Å². The number of benzene rings is 1. The summed E-state index contributed by atoms with van der Waals surface area (Å²) in [5.74, 6) is 0.0198. The van der Waals surface area contributed by atoms with Crippen LogP contribution in [0.2, 0.25) is 0 Å². The Morgan fingerprint density at radius 3 is 2.86 bits per heavy atom. The van der Waals surface area contributed by atoms with E-state index in [4.69, 9.17) is 5.73 Å². The zero-order valence-electron chi connectivity index (χ0n) is 13.1. The van der Waals surface area contributed by atoms with E-state index in [9.17, 15) is 4.79 Å². The Hall–Kier alpha value is -2.29. The Bertz CT molecular complexity index is 627. The molecule has 0 heterocycles. The van der Waals surface area contributed by atoms with Crippen LogP contribution in [-0.2, 0) is 4.79 Å². The number of allylic oxidation sites excluding steroid dienone is 4. The Morgan fingerprint density at radius 2 is 2.23 bits per heavy atom. The average Bonchev–Trinajstić information content (AvgIpc) is 2.55. The van der Waals surface area contributed by atoms with Crippen LogP contribution in [0.3, 0.4) is 0 Å². The van der Waals surface area contributed by atoms with Crippen LogP contribution in [0, 0.1) is 5.92 Å². The predicted molar refractivity (Wildman–Crippen MR) is 99.5 cm³/mol. The zero-order chi connectivity index (χ0) is 15.9. The molecule has 22 heavy (non-hydrogen) atoms. The quantitative estimate of drug-likeness (QED) is 0.603. The molecule has 1 atom stereocenters. The highest BCUT2D eigenvalue weighted by atomic mass is 16.1. The van der Waals surface area contributed by atoms with Crippen molar-refractivity contribution < 1.29 is 9.07 Å². The molecule has 1 amide bonds. The van der Waals surface area contributed by atoms with Gasteiger partial charge in [0.2, 0.25) is 5.91 Å². The fourth-order valence-corrected chi connectivity index (χ4v) is 2.49. The minimum atomic E-state index is -0.0819. The molecule has 0 saturated heterocycles. The largest absolute Gasteiger partial charge is 0.398 e. The lowest BCUT2D eigenvalue weighted by molar-refractivity contribution is -0.123. The number of nitrogens with one attached hydrogen (secondary N) is 1. The molecule has 1 aromatic rings. The number of rotatable bonds is 6. The molecule has 0 aromatic heterocycles. The highest BCUT2D eigenvalue weighted by molar-refractivity contribution is 5.87. The number of unbranched alkanes of at least 4 members (excludes halogenated alkanes) is 1. The molecule has 3 N–H and O–H groups in total. The first-order valence-electron chi connectivity index (χ1n) is 7.83. The van der Waals surface area contributed by atoms with Crippen molar-refractivity contribution in [3.8, 4) is 0 Å². The molecule has 3 heteroatoms. The van der Waals surface area contributed by atoms with Gasteiger partial charge in [-0.2, -0.15) is 0 Å². The first-order chi connectivity index (χ1) is 10.6. The second-order valence-electron chi connectivity index (χ2n) is 5.57. The molecule has 0 spiro atoms. The number of para-hydroxylation sites is 1. The van der Waals surface area contributed by atoms with Gasteiger partial charge in [0.1, 0.15) is 0 Å². The summed E-state index contributed by atoms with van der Waals surface area (Å²) in [4.78, 5) is 12.0. The van der Waals surface area contributed by atoms with Crippen LogP contribution in [0.1, 0.15) is 36.0 Å². The highest BCUT2D eigenvalue weighted by Gasteiger charge is 2.18. The Balaban J connectivity index is 0. The molecule has 0 saturated carbocycles. The highest BCUT2D eigenvalue weighted by Crippen LogP contribution is 2.30. The molecule has 3 nitrogen and oxygen atoms in total. The third-order valence-corrected chi connectivity index (χ3v) is 3.90. The summed E-state index contributed by atoms with van der Waals surface area (Å²) in [5, 5.41) is 2.98. The van der Waals surface area contributed by atoms with Gasteiger partial charge in [-0.25, -0.2) is 0 Å². The van der Waals surface area contributed by atoms with E-state index in [-0.39, 0.29) is 16.1 Å². The zero-order valence-corrected chi connectivity index (χ0v) is 13.1. The number of nitrogens with two attached hydrogens (primary N) is 1. The maximum Gasteiger partial charge on any atom is 0.227 e. The molecule has 1 aliphatic rings. The summed E-state index contributed by atoms with van der Waals surface area (Å²) in [6.07, 6.45) is 8.81. The monoisotopic (exact) mass is 302 g/mol. The molecular formula is C19H30N2O. The summed E-state index contributed by atoms with van der Waals surface area (Å²) < 4.78 is 0. The van der Waals surface area contributed by atoms with Crippen molar-refractivity contribution >= 4 is 17.2 Å². The van der Waals surface area contributed by atoms with E-state index in [1.165, 1.54) is 0 Å². The lowest BCUT2D eigenvalue weighted by Gasteiger charge is -2.18. The molecule has 0 bridgehead atoms. The van der Waals surface area contributed by atoms with Gasteiger partial charge in [0.05, 0.1) is 5.92 Å². The number of carbonyl (C=O) groups is 1. The van der Waals surface area contributed by atoms with Crippen LogP contribution in [0.5, 0.6) is 0 Å². The number of nitrogen functional groups attached to an aromatic ring is 1. The van der Waals surface area contributed by atoms with Crippen LogP contribution < -0.4 is 11.1 Å². The molecule has 0 fully saturated rings. The fourth-order valence-electron chi connectivity index (χ4n) is 2.49. The van der Waals surface area contributed by atoms with Crippen molar-refractivity contribution in [3.63, 3.8) is 0 Å². The first-order valence-corrected chi connectivity index (χ1v) is 7.83. The fraction of sp³-hybridized carbons (Fsp3) is 0.316. The van der Waals surface area contributed by atoms with Gasteiger partial charge >= 0.3 is 0 Å². The predicted octanol–water partition coefficient (Wildman–Crippen LogP) is 4.44. The van der Waals surface area contributed by atoms with Gasteiger partial charge in [0, 0.05) is 22.1 Å². The van der Waals surface area contributed by atoms with Crippen LogP contribution >= 0.6 is 0 Å². The standard InChI is InChI=1S/C19H24N2O.3H2/c1-3-4-13-21-19(22)16-11-9-15(10-12-16)14(2)17-7-5-6-8-18(17)20;;;/h5-11,16H,2-4,12-13,20H2,1H3,(H,21,22);3*1H. The third kappa shape index (κ3) is 3.88. The summed E-state index contributed by atoms with van der Waals surface area (Å²) in [6, 6.07) is 7.70. The molecular weight excluding hydrogens is 272 g/mol. The maximum absolute atomic E-state index is 12.0. The van der Waals surface area contributed by atoms with Gasteiger partial charge < -0.3 is 11.1 Å². The van der Waals surface area contributed by atoms with Crippen LogP contribution in [0.4, 0.5) is 5.69 Å². The minimum absolute atomic E-state index is 0. The van der Waals surface area contributed by atoms with Crippen molar-refractivity contribution in [1.29, 1.82) is 0 Å². The van der Waals surface area contributed by atoms with Crippen molar-refractivity contribution in [2.75, 3.05) is 12.3 Å². The Morgan fingerprint density at radius 1 is 1.45 bits per heavy atom. The van der Waals surface area contributed by atoms with E-state index in [0.29, 0.717) is 6.42 Å². The Kier molecular flexibility index (Phi) is 5.59. The summed E-state index contributed by atoms with van der Waals surface area (Å²) in [7, 11) is 0. The topological polar surface area (TPSA) is 55.1 Å². The second kappa shape index (κ2) is 7.64. The summed E-state index contributed by atoms with van der Waals surface area (Å²) >= 11 is 0. The molecule has 1 aromatic carbocycles. The van der Waals surface area contributed by atoms with Crippen LogP contribution in [-0.4, -0.2) is 12.5 Å². The number of carbonyl (C=O) groups excluding carboxylic acids is 1. The smallest absolute Gasteiger partial charge is 0.227 e. The lowest BCUT2D eigenvalue weighted by atomic mass is 9.89. The van der Waals surface area contributed by atoms with Crippen LogP contribution in [0.25, 0.3) is 5.57 Å². The molecule has 1 aliphatic carbocycles. The van der Waals surface area contributed by atoms with E-state index >= 15 is 0 Å². The van der Waals surface area contributed by atoms with Crippen molar-refractivity contribution in [2.24, 2.45) is 5.92 Å². The Labute approximate surface area is 137 Å². The van der Waals surface area contributed by atoms with Gasteiger partial charge in [-0.1, -0.05) is 56.4 Å². The van der Waals surface area contributed by atoms with E-state index in [1.54, 1.807) is 0 Å². The number of anilines is 1. The van der Waals surface area contributed by atoms with Crippen molar-refractivity contribution in [3.05, 3.63) is 60.2 Å². The second-order valence-corrected chi connectivity index (χ2v) is 5.57. The summed E-state index contributed by atoms with van der Waals surface area (Å²) in [5.41, 5.74) is 9.61. The van der Waals surface area contributed by atoms with Crippen LogP contribution in [0.15, 0.2) is 54.6 Å². The average molecular weight is 302 g/mol. The minimum Gasteiger partial charge on any atom is -0.398 e. The summed E-state index contributed by atoms with van der Waals surface area (Å²) in [6.45, 7) is 7.01. The van der Waals surface area contributed by atoms with Gasteiger partial charge in [-0.05, 0) is 30.1 Å². The third-order valence-electron chi connectivity index (χ3n) is 3.90. The molecule has 2 rings (SSSR count). The van der Waals surface area contributed by atoms with Gasteiger partial charge in [-0.3, -0.25) is 4.79 Å².